The van der Waals surface area contributed by atoms with Crippen molar-refractivity contribution in [3.63, 3.8) is 0 Å². The summed E-state index contributed by atoms with van der Waals surface area (Å²) in [5, 5.41) is 2.92. The van der Waals surface area contributed by atoms with Crippen molar-refractivity contribution in [1.82, 2.24) is 4.90 Å². The Morgan fingerprint density at radius 2 is 2.06 bits per heavy atom. The minimum Gasteiger partial charge on any atom is -0.325 e. The van der Waals surface area contributed by atoms with E-state index in [4.69, 9.17) is 0 Å². The van der Waals surface area contributed by atoms with E-state index in [2.05, 4.69) is 21.2 Å². The third-order valence-electron chi connectivity index (χ3n) is 2.76. The van der Waals surface area contributed by atoms with Gasteiger partial charge >= 0.3 is 6.03 Å². The molecule has 0 bridgehead atoms. The first-order chi connectivity index (χ1) is 7.66. The Bertz CT molecular complexity index is 400. The van der Waals surface area contributed by atoms with Gasteiger partial charge in [0.15, 0.2) is 0 Å². The van der Waals surface area contributed by atoms with Gasteiger partial charge in [-0.2, -0.15) is 0 Å². The van der Waals surface area contributed by atoms with Crippen LogP contribution in [0.25, 0.3) is 0 Å². The van der Waals surface area contributed by atoms with Crippen LogP contribution in [-0.4, -0.2) is 24.0 Å². The first-order valence-corrected chi connectivity index (χ1v) is 6.28. The van der Waals surface area contributed by atoms with Crippen LogP contribution in [0, 0.1) is 6.92 Å². The molecule has 3 nitrogen and oxygen atoms in total. The molecule has 0 aliphatic carbocycles. The summed E-state index contributed by atoms with van der Waals surface area (Å²) in [4.78, 5) is 13.7. The number of carbonyl (C=O) groups excluding carboxylic acids is 1. The van der Waals surface area contributed by atoms with Gasteiger partial charge in [-0.3, -0.25) is 0 Å². The van der Waals surface area contributed by atoms with E-state index < -0.39 is 0 Å². The number of hydrogen-bond donors (Lipinski definition) is 1. The summed E-state index contributed by atoms with van der Waals surface area (Å²) in [5.41, 5.74) is 2.01. The summed E-state index contributed by atoms with van der Waals surface area (Å²) in [5.74, 6) is 0. The average Bonchev–Trinajstić information content (AvgIpc) is 2.75. The molecule has 1 aliphatic heterocycles. The molecule has 0 radical (unpaired) electrons. The molecular weight excluding hydrogens is 268 g/mol. The molecule has 1 aromatic rings. The molecule has 1 heterocycles. The summed E-state index contributed by atoms with van der Waals surface area (Å²) < 4.78 is 0.931. The molecule has 1 aliphatic rings. The maximum atomic E-state index is 11.8. The van der Waals surface area contributed by atoms with Crippen molar-refractivity contribution in [2.75, 3.05) is 18.4 Å². The lowest BCUT2D eigenvalue weighted by Crippen LogP contribution is -2.32. The third-order valence-corrected chi connectivity index (χ3v) is 3.42. The molecule has 1 saturated heterocycles. The number of aryl methyl sites for hydroxylation is 1. The number of urea groups is 1. The number of rotatable bonds is 1. The van der Waals surface area contributed by atoms with Crippen LogP contribution < -0.4 is 5.32 Å². The van der Waals surface area contributed by atoms with Gasteiger partial charge in [-0.15, -0.1) is 0 Å². The molecule has 0 spiro atoms. The van der Waals surface area contributed by atoms with E-state index >= 15 is 0 Å². The highest BCUT2D eigenvalue weighted by Gasteiger charge is 2.18. The van der Waals surface area contributed by atoms with Crippen LogP contribution in [0.3, 0.4) is 0 Å². The normalized spacial score (nSPS) is 15.2. The van der Waals surface area contributed by atoms with Crippen molar-refractivity contribution in [2.24, 2.45) is 0 Å². The van der Waals surface area contributed by atoms with Crippen molar-refractivity contribution >= 4 is 27.6 Å². The Morgan fingerprint density at radius 3 is 2.69 bits per heavy atom. The van der Waals surface area contributed by atoms with E-state index in [-0.39, 0.29) is 6.03 Å². The molecule has 0 aromatic heterocycles. The molecule has 86 valence electrons. The lowest BCUT2D eigenvalue weighted by Gasteiger charge is -2.17. The summed E-state index contributed by atoms with van der Waals surface area (Å²) in [6.07, 6.45) is 2.23. The van der Waals surface area contributed by atoms with Crippen LogP contribution in [0.5, 0.6) is 0 Å². The van der Waals surface area contributed by atoms with Gasteiger partial charge in [-0.25, -0.2) is 4.79 Å². The highest BCUT2D eigenvalue weighted by Crippen LogP contribution is 2.24. The maximum absolute atomic E-state index is 11.8. The highest BCUT2D eigenvalue weighted by molar-refractivity contribution is 9.10. The van der Waals surface area contributed by atoms with E-state index in [1.807, 2.05) is 30.0 Å². The third kappa shape index (κ3) is 2.55. The van der Waals surface area contributed by atoms with Crippen molar-refractivity contribution < 1.29 is 4.79 Å². The fourth-order valence-corrected chi connectivity index (χ4v) is 2.43. The number of likely N-dealkylation sites (tertiary alicyclic amines) is 1. The largest absolute Gasteiger partial charge is 0.325 e. The van der Waals surface area contributed by atoms with Crippen molar-refractivity contribution in [1.29, 1.82) is 0 Å². The van der Waals surface area contributed by atoms with Gasteiger partial charge in [-0.1, -0.05) is 6.07 Å². The number of hydrogen-bond acceptors (Lipinski definition) is 1. The highest BCUT2D eigenvalue weighted by atomic mass is 79.9. The molecule has 1 N–H and O–H groups in total. The van der Waals surface area contributed by atoms with Crippen LogP contribution in [-0.2, 0) is 0 Å². The fourth-order valence-electron chi connectivity index (χ4n) is 1.84. The summed E-state index contributed by atoms with van der Waals surface area (Å²) >= 11 is 3.45. The lowest BCUT2D eigenvalue weighted by molar-refractivity contribution is 0.222. The van der Waals surface area contributed by atoms with E-state index in [0.29, 0.717) is 0 Å². The number of carbonyl (C=O) groups is 1. The first kappa shape index (κ1) is 11.5. The van der Waals surface area contributed by atoms with E-state index in [1.54, 1.807) is 0 Å². The van der Waals surface area contributed by atoms with Gasteiger partial charge in [-0.05, 0) is 53.4 Å². The van der Waals surface area contributed by atoms with Gasteiger partial charge < -0.3 is 10.2 Å². The number of benzene rings is 1. The summed E-state index contributed by atoms with van der Waals surface area (Å²) in [7, 11) is 0. The molecule has 1 aromatic carbocycles. The number of halogens is 1. The van der Waals surface area contributed by atoms with Crippen molar-refractivity contribution in [2.45, 2.75) is 19.8 Å². The second-order valence-electron chi connectivity index (χ2n) is 4.11. The predicted molar refractivity (Wildman–Crippen MR) is 68.7 cm³/mol. The summed E-state index contributed by atoms with van der Waals surface area (Å²) in [6, 6.07) is 5.92. The van der Waals surface area contributed by atoms with Crippen LogP contribution >= 0.6 is 15.9 Å². The van der Waals surface area contributed by atoms with Gasteiger partial charge in [0.1, 0.15) is 0 Å². The minimum absolute atomic E-state index is 0.00190. The van der Waals surface area contributed by atoms with Crippen LogP contribution in [0.1, 0.15) is 18.4 Å². The number of anilines is 1. The standard InChI is InChI=1S/C12H15BrN2O/c1-9-4-5-11(10(13)8-9)14-12(16)15-6-2-3-7-15/h4-5,8H,2-3,6-7H2,1H3,(H,14,16). The Hall–Kier alpha value is -1.03. The van der Waals surface area contributed by atoms with E-state index in [1.165, 1.54) is 5.56 Å². The SMILES string of the molecule is Cc1ccc(NC(=O)N2CCCC2)c(Br)c1. The van der Waals surface area contributed by atoms with Gasteiger partial charge in [0.25, 0.3) is 0 Å². The Balaban J connectivity index is 2.05. The lowest BCUT2D eigenvalue weighted by atomic mass is 10.2. The monoisotopic (exact) mass is 282 g/mol. The minimum atomic E-state index is 0.00190. The second-order valence-corrected chi connectivity index (χ2v) is 4.96. The average molecular weight is 283 g/mol. The zero-order valence-electron chi connectivity index (χ0n) is 9.29. The molecule has 2 amide bonds. The van der Waals surface area contributed by atoms with Gasteiger partial charge in [0, 0.05) is 17.6 Å². The Kier molecular flexibility index (Phi) is 3.49. The predicted octanol–water partition coefficient (Wildman–Crippen LogP) is 3.39. The molecule has 0 atom stereocenters. The Morgan fingerprint density at radius 1 is 1.38 bits per heavy atom. The summed E-state index contributed by atoms with van der Waals surface area (Å²) in [6.45, 7) is 3.77. The second kappa shape index (κ2) is 4.87. The van der Waals surface area contributed by atoms with Crippen LogP contribution in [0.15, 0.2) is 22.7 Å². The smallest absolute Gasteiger partial charge is 0.321 e. The van der Waals surface area contributed by atoms with Crippen molar-refractivity contribution in [3.8, 4) is 0 Å². The van der Waals surface area contributed by atoms with Crippen LogP contribution in [0.4, 0.5) is 10.5 Å². The Labute approximate surface area is 104 Å². The van der Waals surface area contributed by atoms with E-state index in [9.17, 15) is 4.79 Å². The molecule has 0 saturated carbocycles. The zero-order chi connectivity index (χ0) is 11.5. The van der Waals surface area contributed by atoms with Crippen LogP contribution in [0.2, 0.25) is 0 Å². The number of amides is 2. The molecule has 0 unspecified atom stereocenters. The van der Waals surface area contributed by atoms with Gasteiger partial charge in [0.2, 0.25) is 0 Å². The quantitative estimate of drug-likeness (QED) is 0.842. The molecule has 1 fully saturated rings. The van der Waals surface area contributed by atoms with Gasteiger partial charge in [0.05, 0.1) is 5.69 Å². The van der Waals surface area contributed by atoms with Crippen molar-refractivity contribution in [3.05, 3.63) is 28.2 Å². The number of nitrogens with zero attached hydrogens (tertiary/aromatic N) is 1. The molecular formula is C12H15BrN2O. The molecule has 4 heteroatoms. The van der Waals surface area contributed by atoms with E-state index in [0.717, 1.165) is 36.1 Å². The topological polar surface area (TPSA) is 32.3 Å². The first-order valence-electron chi connectivity index (χ1n) is 5.49. The molecule has 16 heavy (non-hydrogen) atoms. The zero-order valence-corrected chi connectivity index (χ0v) is 10.9. The maximum Gasteiger partial charge on any atom is 0.321 e. The molecule has 2 rings (SSSR count). The number of nitrogens with one attached hydrogen (secondary N) is 1. The fraction of sp³-hybridized carbons (Fsp3) is 0.417.